The van der Waals surface area contributed by atoms with Gasteiger partial charge >= 0.3 is 0 Å². The normalized spacial score (nSPS) is 15.2. The van der Waals surface area contributed by atoms with Gasteiger partial charge in [0.2, 0.25) is 0 Å². The average Bonchev–Trinajstić information content (AvgIpc) is 2.16. The molecule has 1 aromatic rings. The van der Waals surface area contributed by atoms with Gasteiger partial charge < -0.3 is 10.2 Å². The van der Waals surface area contributed by atoms with E-state index in [0.717, 1.165) is 0 Å². The SMILES string of the molecule is OC(CBr)C(O)c1c(Cl)ccnc1Cl. The van der Waals surface area contributed by atoms with E-state index in [0.29, 0.717) is 0 Å². The van der Waals surface area contributed by atoms with Crippen molar-refractivity contribution in [3.63, 3.8) is 0 Å². The fourth-order valence-corrected chi connectivity index (χ4v) is 1.90. The van der Waals surface area contributed by atoms with Crippen molar-refractivity contribution in [1.29, 1.82) is 0 Å². The molecule has 78 valence electrons. The first-order valence-corrected chi connectivity index (χ1v) is 5.67. The van der Waals surface area contributed by atoms with Gasteiger partial charge in [-0.2, -0.15) is 0 Å². The third kappa shape index (κ3) is 2.58. The number of aromatic nitrogens is 1. The number of nitrogens with zero attached hydrogens (tertiary/aromatic N) is 1. The molecule has 1 rings (SSSR count). The number of alkyl halides is 1. The molecule has 0 aliphatic heterocycles. The third-order valence-electron chi connectivity index (χ3n) is 1.71. The molecule has 1 heterocycles. The average molecular weight is 301 g/mol. The Morgan fingerprint density at radius 1 is 1.43 bits per heavy atom. The highest BCUT2D eigenvalue weighted by molar-refractivity contribution is 9.09. The van der Waals surface area contributed by atoms with Crippen LogP contribution in [0.3, 0.4) is 0 Å². The second kappa shape index (κ2) is 5.28. The maximum atomic E-state index is 9.66. The Morgan fingerprint density at radius 2 is 2.07 bits per heavy atom. The van der Waals surface area contributed by atoms with Crippen molar-refractivity contribution in [1.82, 2.24) is 4.98 Å². The van der Waals surface area contributed by atoms with Crippen LogP contribution in [0.1, 0.15) is 11.7 Å². The van der Waals surface area contributed by atoms with Crippen molar-refractivity contribution >= 4 is 39.1 Å². The number of pyridine rings is 1. The topological polar surface area (TPSA) is 53.4 Å². The molecule has 0 fully saturated rings. The van der Waals surface area contributed by atoms with Crippen molar-refractivity contribution in [2.45, 2.75) is 12.2 Å². The number of aliphatic hydroxyl groups is 2. The zero-order valence-electron chi connectivity index (χ0n) is 6.99. The maximum absolute atomic E-state index is 9.66. The standard InChI is InChI=1S/C8H8BrCl2NO2/c9-3-5(13)7(14)6-4(10)1-2-12-8(6)11/h1-2,5,7,13-14H,3H2. The fourth-order valence-electron chi connectivity index (χ4n) is 0.966. The quantitative estimate of drug-likeness (QED) is 0.664. The van der Waals surface area contributed by atoms with Crippen LogP contribution >= 0.6 is 39.1 Å². The minimum absolute atomic E-state index is 0.102. The molecule has 0 saturated heterocycles. The van der Waals surface area contributed by atoms with E-state index in [9.17, 15) is 10.2 Å². The summed E-state index contributed by atoms with van der Waals surface area (Å²) in [4.78, 5) is 3.77. The summed E-state index contributed by atoms with van der Waals surface area (Å²) in [5.74, 6) is 0. The summed E-state index contributed by atoms with van der Waals surface area (Å²) in [6.07, 6.45) is -0.668. The number of halogens is 3. The Labute approximate surface area is 99.8 Å². The van der Waals surface area contributed by atoms with E-state index < -0.39 is 12.2 Å². The molecule has 2 atom stereocenters. The van der Waals surface area contributed by atoms with Gasteiger partial charge in [-0.05, 0) is 6.07 Å². The first-order valence-electron chi connectivity index (χ1n) is 3.80. The molecule has 0 bridgehead atoms. The molecule has 0 aliphatic rings. The van der Waals surface area contributed by atoms with Crippen molar-refractivity contribution in [2.24, 2.45) is 0 Å². The predicted molar refractivity (Wildman–Crippen MR) is 59.0 cm³/mol. The Morgan fingerprint density at radius 3 is 2.57 bits per heavy atom. The van der Waals surface area contributed by atoms with E-state index in [1.165, 1.54) is 12.3 Å². The lowest BCUT2D eigenvalue weighted by Gasteiger charge is -2.17. The number of rotatable bonds is 3. The number of aliphatic hydroxyl groups excluding tert-OH is 2. The molecule has 2 unspecified atom stereocenters. The fraction of sp³-hybridized carbons (Fsp3) is 0.375. The van der Waals surface area contributed by atoms with Gasteiger partial charge in [-0.15, -0.1) is 0 Å². The van der Waals surface area contributed by atoms with E-state index in [-0.39, 0.29) is 21.1 Å². The van der Waals surface area contributed by atoms with Gasteiger partial charge in [0.25, 0.3) is 0 Å². The highest BCUT2D eigenvalue weighted by Crippen LogP contribution is 2.30. The summed E-state index contributed by atoms with van der Waals surface area (Å²) >= 11 is 14.6. The molecule has 2 N–H and O–H groups in total. The van der Waals surface area contributed by atoms with Crippen LogP contribution in [0.5, 0.6) is 0 Å². The van der Waals surface area contributed by atoms with Crippen molar-refractivity contribution in [3.05, 3.63) is 28.0 Å². The van der Waals surface area contributed by atoms with E-state index in [4.69, 9.17) is 23.2 Å². The van der Waals surface area contributed by atoms with Crippen molar-refractivity contribution < 1.29 is 10.2 Å². The smallest absolute Gasteiger partial charge is 0.136 e. The van der Waals surface area contributed by atoms with Crippen LogP contribution in [0, 0.1) is 0 Å². The molecule has 14 heavy (non-hydrogen) atoms. The van der Waals surface area contributed by atoms with E-state index >= 15 is 0 Å². The predicted octanol–water partition coefficient (Wildman–Crippen LogP) is 2.18. The van der Waals surface area contributed by atoms with Crippen molar-refractivity contribution in [3.8, 4) is 0 Å². The zero-order valence-corrected chi connectivity index (χ0v) is 10.1. The van der Waals surface area contributed by atoms with Crippen LogP contribution < -0.4 is 0 Å². The van der Waals surface area contributed by atoms with E-state index in [1.54, 1.807) is 0 Å². The second-order valence-corrected chi connectivity index (χ2v) is 4.08. The second-order valence-electron chi connectivity index (χ2n) is 2.66. The molecule has 1 aromatic heterocycles. The summed E-state index contributed by atoms with van der Waals surface area (Å²) in [5, 5.41) is 19.7. The van der Waals surface area contributed by atoms with Gasteiger partial charge in [0.15, 0.2) is 0 Å². The Kier molecular flexibility index (Phi) is 4.60. The highest BCUT2D eigenvalue weighted by atomic mass is 79.9. The minimum atomic E-state index is -1.14. The summed E-state index contributed by atoms with van der Waals surface area (Å²) in [5.41, 5.74) is 0.253. The van der Waals surface area contributed by atoms with Gasteiger partial charge in [-0.1, -0.05) is 39.1 Å². The van der Waals surface area contributed by atoms with E-state index in [1.807, 2.05) is 0 Å². The molecular weight excluding hydrogens is 293 g/mol. The number of hydrogen-bond acceptors (Lipinski definition) is 3. The first-order chi connectivity index (χ1) is 6.57. The van der Waals surface area contributed by atoms with Crippen LogP contribution in [-0.2, 0) is 0 Å². The summed E-state index contributed by atoms with van der Waals surface area (Å²) in [7, 11) is 0. The van der Waals surface area contributed by atoms with Gasteiger partial charge in [0.05, 0.1) is 11.1 Å². The van der Waals surface area contributed by atoms with Crippen LogP contribution in [0.2, 0.25) is 10.2 Å². The van der Waals surface area contributed by atoms with Gasteiger partial charge in [-0.3, -0.25) is 0 Å². The highest BCUT2D eigenvalue weighted by Gasteiger charge is 2.22. The van der Waals surface area contributed by atoms with Crippen LogP contribution in [0.25, 0.3) is 0 Å². The first kappa shape index (κ1) is 12.2. The van der Waals surface area contributed by atoms with E-state index in [2.05, 4.69) is 20.9 Å². The maximum Gasteiger partial charge on any atom is 0.136 e. The monoisotopic (exact) mass is 299 g/mol. The summed E-state index contributed by atoms with van der Waals surface area (Å²) < 4.78 is 0. The summed E-state index contributed by atoms with van der Waals surface area (Å²) in [6, 6.07) is 1.51. The molecular formula is C8H8BrCl2NO2. The molecule has 0 aromatic carbocycles. The van der Waals surface area contributed by atoms with Crippen LogP contribution in [-0.4, -0.2) is 26.6 Å². The Balaban J connectivity index is 3.05. The molecule has 6 heteroatoms. The Hall–Kier alpha value is 0.130. The molecule has 3 nitrogen and oxygen atoms in total. The third-order valence-corrected chi connectivity index (χ3v) is 3.00. The van der Waals surface area contributed by atoms with Gasteiger partial charge in [0.1, 0.15) is 11.3 Å². The zero-order chi connectivity index (χ0) is 10.7. The number of hydrogen-bond donors (Lipinski definition) is 2. The molecule has 0 spiro atoms. The lowest BCUT2D eigenvalue weighted by Crippen LogP contribution is -2.20. The lowest BCUT2D eigenvalue weighted by molar-refractivity contribution is 0.0342. The van der Waals surface area contributed by atoms with Gasteiger partial charge in [-0.25, -0.2) is 4.98 Å². The molecule has 0 amide bonds. The molecule has 0 radical (unpaired) electrons. The van der Waals surface area contributed by atoms with Crippen LogP contribution in [0.15, 0.2) is 12.3 Å². The van der Waals surface area contributed by atoms with Gasteiger partial charge in [0, 0.05) is 17.1 Å². The minimum Gasteiger partial charge on any atom is -0.389 e. The lowest BCUT2D eigenvalue weighted by atomic mass is 10.1. The Bertz CT molecular complexity index is 304. The van der Waals surface area contributed by atoms with Crippen LogP contribution in [0.4, 0.5) is 0 Å². The summed E-state index contributed by atoms with van der Waals surface area (Å²) in [6.45, 7) is 0. The van der Waals surface area contributed by atoms with Crippen molar-refractivity contribution in [2.75, 3.05) is 5.33 Å². The molecule has 0 aliphatic carbocycles. The largest absolute Gasteiger partial charge is 0.389 e. The molecule has 0 saturated carbocycles.